The monoisotopic (exact) mass is 286 g/mol. The molecule has 3 atom stereocenters. The lowest BCUT2D eigenvalue weighted by Crippen LogP contribution is -2.33. The molecular weight excluding hydrogens is 260 g/mol. The standard InChI is InChI=1S/C18H26N2O/c1-11-5-3-4-6-15(17-12(2)19-20-18(11)17)21-16-10-13-7-8-14(16)9-13/h13-14,16,20H,3-10H2,1-2H3. The maximum absolute atomic E-state index is 6.58. The van der Waals surface area contributed by atoms with E-state index in [2.05, 4.69) is 24.0 Å². The lowest BCUT2D eigenvalue weighted by atomic mass is 9.97. The Morgan fingerprint density at radius 1 is 1.10 bits per heavy atom. The third-order valence-electron chi connectivity index (χ3n) is 5.83. The molecule has 21 heavy (non-hydrogen) atoms. The van der Waals surface area contributed by atoms with E-state index in [-0.39, 0.29) is 0 Å². The molecule has 1 N–H and O–H groups in total. The summed E-state index contributed by atoms with van der Waals surface area (Å²) in [6, 6.07) is 0. The first-order chi connectivity index (χ1) is 10.2. The molecular formula is C18H26N2O. The number of aryl methyl sites for hydroxylation is 1. The van der Waals surface area contributed by atoms with Gasteiger partial charge >= 0.3 is 0 Å². The van der Waals surface area contributed by atoms with Crippen molar-refractivity contribution in [2.75, 3.05) is 0 Å². The van der Waals surface area contributed by atoms with Gasteiger partial charge in [0.05, 0.1) is 16.3 Å². The smallest absolute Gasteiger partial charge is 0.108 e. The van der Waals surface area contributed by atoms with Crippen LogP contribution < -0.4 is 10.6 Å². The largest absolute Gasteiger partial charge is 0.494 e. The zero-order valence-electron chi connectivity index (χ0n) is 13.2. The Balaban J connectivity index is 1.76. The van der Waals surface area contributed by atoms with Crippen molar-refractivity contribution in [3.05, 3.63) is 16.3 Å². The molecule has 0 aromatic carbocycles. The fourth-order valence-corrected chi connectivity index (χ4v) is 4.64. The molecule has 0 spiro atoms. The van der Waals surface area contributed by atoms with Crippen LogP contribution in [-0.2, 0) is 4.74 Å². The van der Waals surface area contributed by atoms with Gasteiger partial charge in [0.2, 0.25) is 0 Å². The molecule has 114 valence electrons. The first kappa shape index (κ1) is 13.4. The fourth-order valence-electron chi connectivity index (χ4n) is 4.64. The number of ether oxygens (including phenoxy) is 1. The van der Waals surface area contributed by atoms with E-state index in [0.29, 0.717) is 6.10 Å². The Bertz CT molecular complexity index is 657. The minimum Gasteiger partial charge on any atom is -0.494 e. The summed E-state index contributed by atoms with van der Waals surface area (Å²) in [5.41, 5.74) is 2.53. The average Bonchev–Trinajstić information content (AvgIpc) is 3.15. The number of nitrogens with one attached hydrogen (secondary N) is 1. The van der Waals surface area contributed by atoms with Gasteiger partial charge < -0.3 is 4.74 Å². The van der Waals surface area contributed by atoms with Gasteiger partial charge in [-0.25, -0.2) is 0 Å². The minimum absolute atomic E-state index is 0.473. The van der Waals surface area contributed by atoms with Gasteiger partial charge in [0.25, 0.3) is 0 Å². The normalized spacial score (nSPS) is 32.0. The van der Waals surface area contributed by atoms with E-state index in [1.54, 1.807) is 0 Å². The van der Waals surface area contributed by atoms with Crippen molar-refractivity contribution < 1.29 is 4.74 Å². The summed E-state index contributed by atoms with van der Waals surface area (Å²) in [5.74, 6) is 2.97. The Labute approximate surface area is 126 Å². The molecule has 0 amide bonds. The van der Waals surface area contributed by atoms with Crippen LogP contribution in [0.15, 0.2) is 0 Å². The van der Waals surface area contributed by atoms with Crippen molar-refractivity contribution in [1.29, 1.82) is 0 Å². The maximum atomic E-state index is 6.58. The molecule has 3 aliphatic rings. The number of aromatic nitrogens is 2. The molecule has 3 heteroatoms. The fraction of sp³-hybridized carbons (Fsp3) is 0.722. The van der Waals surface area contributed by atoms with Gasteiger partial charge in [-0.3, -0.25) is 5.10 Å². The number of hydrogen-bond acceptors (Lipinski definition) is 2. The van der Waals surface area contributed by atoms with Crippen LogP contribution in [0.4, 0.5) is 0 Å². The highest BCUT2D eigenvalue weighted by atomic mass is 16.5. The Morgan fingerprint density at radius 2 is 1.95 bits per heavy atom. The Hall–Kier alpha value is -1.25. The summed E-state index contributed by atoms with van der Waals surface area (Å²) in [4.78, 5) is 0. The van der Waals surface area contributed by atoms with Crippen LogP contribution in [-0.4, -0.2) is 16.3 Å². The third-order valence-corrected chi connectivity index (χ3v) is 5.83. The highest BCUT2D eigenvalue weighted by Crippen LogP contribution is 2.46. The van der Waals surface area contributed by atoms with Crippen molar-refractivity contribution in [2.45, 2.75) is 71.3 Å². The van der Waals surface area contributed by atoms with Crippen molar-refractivity contribution >= 4 is 11.3 Å². The van der Waals surface area contributed by atoms with Gasteiger partial charge in [0.1, 0.15) is 11.9 Å². The second-order valence-corrected chi connectivity index (χ2v) is 7.30. The molecule has 1 aromatic heterocycles. The molecule has 3 unspecified atom stereocenters. The zero-order valence-corrected chi connectivity index (χ0v) is 13.2. The molecule has 3 aliphatic carbocycles. The van der Waals surface area contributed by atoms with Crippen LogP contribution in [0.25, 0.3) is 11.3 Å². The van der Waals surface area contributed by atoms with E-state index in [0.717, 1.165) is 24.0 Å². The molecule has 4 rings (SSSR count). The van der Waals surface area contributed by atoms with Crippen molar-refractivity contribution in [1.82, 2.24) is 10.2 Å². The van der Waals surface area contributed by atoms with Crippen LogP contribution in [0.3, 0.4) is 0 Å². The van der Waals surface area contributed by atoms with Gasteiger partial charge in [-0.15, -0.1) is 0 Å². The molecule has 1 heterocycles. The zero-order chi connectivity index (χ0) is 14.4. The van der Waals surface area contributed by atoms with Gasteiger partial charge in [-0.1, -0.05) is 0 Å². The van der Waals surface area contributed by atoms with Crippen LogP contribution in [0.2, 0.25) is 0 Å². The lowest BCUT2D eigenvalue weighted by molar-refractivity contribution is 0.100. The minimum atomic E-state index is 0.473. The average molecular weight is 286 g/mol. The van der Waals surface area contributed by atoms with Crippen LogP contribution >= 0.6 is 0 Å². The van der Waals surface area contributed by atoms with Gasteiger partial charge in [-0.05, 0) is 76.2 Å². The van der Waals surface area contributed by atoms with Crippen molar-refractivity contribution in [2.24, 2.45) is 11.8 Å². The summed E-state index contributed by atoms with van der Waals surface area (Å²) in [6.45, 7) is 4.34. The predicted octanol–water partition coefficient (Wildman–Crippen LogP) is 2.78. The number of fused-ring (bicyclic) bond motifs is 3. The Kier molecular flexibility index (Phi) is 3.31. The van der Waals surface area contributed by atoms with Crippen LogP contribution in [0, 0.1) is 18.8 Å². The van der Waals surface area contributed by atoms with Crippen molar-refractivity contribution in [3.63, 3.8) is 0 Å². The second kappa shape index (κ2) is 5.19. The molecule has 0 aliphatic heterocycles. The number of rotatable bonds is 2. The lowest BCUT2D eigenvalue weighted by Gasteiger charge is -2.25. The van der Waals surface area contributed by atoms with Gasteiger partial charge in [0, 0.05) is 6.42 Å². The summed E-state index contributed by atoms with van der Waals surface area (Å²) in [7, 11) is 0. The summed E-state index contributed by atoms with van der Waals surface area (Å²) in [5, 5.41) is 10.2. The van der Waals surface area contributed by atoms with Gasteiger partial charge in [-0.2, -0.15) is 5.10 Å². The molecule has 1 aromatic rings. The van der Waals surface area contributed by atoms with E-state index in [9.17, 15) is 0 Å². The van der Waals surface area contributed by atoms with E-state index >= 15 is 0 Å². The molecule has 0 saturated heterocycles. The predicted molar refractivity (Wildman–Crippen MR) is 83.9 cm³/mol. The first-order valence-corrected chi connectivity index (χ1v) is 8.63. The van der Waals surface area contributed by atoms with E-state index < -0.39 is 0 Å². The molecule has 2 bridgehead atoms. The first-order valence-electron chi connectivity index (χ1n) is 8.63. The maximum Gasteiger partial charge on any atom is 0.108 e. The summed E-state index contributed by atoms with van der Waals surface area (Å²) < 4.78 is 6.58. The molecule has 0 radical (unpaired) electrons. The van der Waals surface area contributed by atoms with Crippen molar-refractivity contribution in [3.8, 4) is 0 Å². The molecule has 2 fully saturated rings. The van der Waals surface area contributed by atoms with E-state index in [1.165, 1.54) is 66.8 Å². The highest BCUT2D eigenvalue weighted by Gasteiger charge is 2.41. The molecule has 3 nitrogen and oxygen atoms in total. The number of hydrogen-bond donors (Lipinski definition) is 1. The number of nitrogens with zero attached hydrogens (tertiary/aromatic N) is 1. The highest BCUT2D eigenvalue weighted by molar-refractivity contribution is 5.47. The summed E-state index contributed by atoms with van der Waals surface area (Å²) >= 11 is 0. The van der Waals surface area contributed by atoms with Gasteiger partial charge in [0.15, 0.2) is 0 Å². The Morgan fingerprint density at radius 3 is 2.71 bits per heavy atom. The van der Waals surface area contributed by atoms with Crippen LogP contribution in [0.5, 0.6) is 0 Å². The summed E-state index contributed by atoms with van der Waals surface area (Å²) in [6.07, 6.45) is 10.7. The number of H-pyrrole nitrogens is 1. The van der Waals surface area contributed by atoms with E-state index in [1.807, 2.05) is 0 Å². The molecule has 2 saturated carbocycles. The SMILES string of the molecule is CC1=c2[nH]nc(C)c2=C(OC2CC3CCC2C3)CCCC1. The third kappa shape index (κ3) is 2.31. The van der Waals surface area contributed by atoms with E-state index in [4.69, 9.17) is 4.74 Å². The quantitative estimate of drug-likeness (QED) is 0.908. The second-order valence-electron chi connectivity index (χ2n) is 7.30. The number of aromatic amines is 1. The topological polar surface area (TPSA) is 37.9 Å². The van der Waals surface area contributed by atoms with Crippen LogP contribution in [0.1, 0.15) is 64.0 Å².